The van der Waals surface area contributed by atoms with Crippen molar-refractivity contribution < 1.29 is 14.1 Å². The lowest BCUT2D eigenvalue weighted by Crippen LogP contribution is -2.38. The highest BCUT2D eigenvalue weighted by Crippen LogP contribution is 2.17. The fourth-order valence-electron chi connectivity index (χ4n) is 2.64. The maximum absolute atomic E-state index is 12.0. The fourth-order valence-corrected chi connectivity index (χ4v) is 3.68. The van der Waals surface area contributed by atoms with E-state index in [0.29, 0.717) is 5.75 Å². The maximum Gasteiger partial charge on any atom is 0.232 e. The average molecular weight is 309 g/mol. The number of hydrogen-bond acceptors (Lipinski definition) is 3. The van der Waals surface area contributed by atoms with E-state index in [4.69, 9.17) is 5.11 Å². The Balaban J connectivity index is 1.76. The molecule has 0 aliphatic heterocycles. The van der Waals surface area contributed by atoms with Crippen LogP contribution in [-0.4, -0.2) is 27.0 Å². The Morgan fingerprint density at radius 1 is 1.14 bits per heavy atom. The van der Waals surface area contributed by atoms with Crippen LogP contribution < -0.4 is 5.32 Å². The van der Waals surface area contributed by atoms with Gasteiger partial charge in [0.25, 0.3) is 0 Å². The molecule has 21 heavy (non-hydrogen) atoms. The van der Waals surface area contributed by atoms with Crippen LogP contribution in [-0.2, 0) is 28.0 Å². The topological polar surface area (TPSA) is 66.4 Å². The summed E-state index contributed by atoms with van der Waals surface area (Å²) in [4.78, 5) is 11.9. The van der Waals surface area contributed by atoms with Crippen molar-refractivity contribution >= 4 is 16.7 Å². The second-order valence-electron chi connectivity index (χ2n) is 5.61. The van der Waals surface area contributed by atoms with Gasteiger partial charge in [0.05, 0.1) is 6.61 Å². The van der Waals surface area contributed by atoms with Crippen LogP contribution in [0.1, 0.15) is 43.2 Å². The van der Waals surface area contributed by atoms with E-state index in [0.717, 1.165) is 24.0 Å². The molecule has 0 spiro atoms. The quantitative estimate of drug-likeness (QED) is 0.843. The van der Waals surface area contributed by atoms with Crippen LogP contribution in [0, 0.1) is 0 Å². The molecule has 1 saturated carbocycles. The molecule has 4 nitrogen and oxygen atoms in total. The molecule has 5 heteroatoms. The minimum atomic E-state index is -1.19. The Morgan fingerprint density at radius 3 is 2.38 bits per heavy atom. The summed E-state index contributed by atoms with van der Waals surface area (Å²) in [5, 5.41) is 12.0. The number of aliphatic hydroxyl groups is 1. The van der Waals surface area contributed by atoms with Gasteiger partial charge in [-0.15, -0.1) is 0 Å². The minimum absolute atomic E-state index is 0.00711. The van der Waals surface area contributed by atoms with Crippen molar-refractivity contribution in [1.82, 2.24) is 5.32 Å². The van der Waals surface area contributed by atoms with E-state index in [-0.39, 0.29) is 24.3 Å². The Hall–Kier alpha value is -1.20. The van der Waals surface area contributed by atoms with Crippen LogP contribution in [0.5, 0.6) is 0 Å². The summed E-state index contributed by atoms with van der Waals surface area (Å²) in [5.74, 6) is 0.342. The van der Waals surface area contributed by atoms with Crippen molar-refractivity contribution in [3.8, 4) is 0 Å². The lowest BCUT2D eigenvalue weighted by molar-refractivity contribution is -0.119. The van der Waals surface area contributed by atoms with E-state index in [1.807, 2.05) is 24.3 Å². The molecular formula is C16H23NO3S. The highest BCUT2D eigenvalue weighted by molar-refractivity contribution is 7.84. The summed E-state index contributed by atoms with van der Waals surface area (Å²) in [6, 6.07) is 7.60. The molecule has 1 unspecified atom stereocenters. The van der Waals surface area contributed by atoms with E-state index in [2.05, 4.69) is 5.32 Å². The first-order chi connectivity index (χ1) is 10.2. The average Bonchev–Trinajstić information content (AvgIpc) is 2.48. The second-order valence-corrected chi connectivity index (χ2v) is 7.06. The molecule has 1 aromatic carbocycles. The van der Waals surface area contributed by atoms with Crippen LogP contribution in [0.3, 0.4) is 0 Å². The number of hydrogen-bond donors (Lipinski definition) is 2. The van der Waals surface area contributed by atoms with Crippen molar-refractivity contribution in [2.24, 2.45) is 0 Å². The molecular weight excluding hydrogens is 286 g/mol. The molecule has 1 atom stereocenters. The highest BCUT2D eigenvalue weighted by Gasteiger charge is 2.17. The molecule has 0 aromatic heterocycles. The number of aliphatic hydroxyl groups excluding tert-OH is 1. The number of carbonyl (C=O) groups excluding carboxylic acids is 1. The Bertz CT molecular complexity index is 481. The van der Waals surface area contributed by atoms with Gasteiger partial charge in [0.2, 0.25) is 5.91 Å². The fraction of sp³-hybridized carbons (Fsp3) is 0.562. The molecule has 1 aromatic rings. The van der Waals surface area contributed by atoms with Crippen LogP contribution in [0.4, 0.5) is 0 Å². The van der Waals surface area contributed by atoms with E-state index in [1.165, 1.54) is 19.3 Å². The second kappa shape index (κ2) is 8.29. The number of benzene rings is 1. The van der Waals surface area contributed by atoms with Gasteiger partial charge >= 0.3 is 0 Å². The van der Waals surface area contributed by atoms with E-state index < -0.39 is 10.8 Å². The molecule has 0 radical (unpaired) electrons. The standard InChI is InChI=1S/C16H23NO3S/c18-10-13-6-8-14(9-7-13)11-21(20)12-16(19)17-15-4-2-1-3-5-15/h6-9,15,18H,1-5,10-12H2,(H,17,19). The van der Waals surface area contributed by atoms with E-state index >= 15 is 0 Å². The van der Waals surface area contributed by atoms with Gasteiger partial charge < -0.3 is 10.4 Å². The Kier molecular flexibility index (Phi) is 6.39. The van der Waals surface area contributed by atoms with Crippen molar-refractivity contribution in [1.29, 1.82) is 0 Å². The summed E-state index contributed by atoms with van der Waals surface area (Å²) in [7, 11) is -1.19. The Labute approximate surface area is 128 Å². The monoisotopic (exact) mass is 309 g/mol. The molecule has 0 saturated heterocycles. The number of rotatable bonds is 6. The summed E-state index contributed by atoms with van der Waals surface area (Å²) >= 11 is 0. The normalized spacial score (nSPS) is 17.4. The lowest BCUT2D eigenvalue weighted by Gasteiger charge is -2.22. The first kappa shape index (κ1) is 16.2. The maximum atomic E-state index is 12.0. The zero-order valence-corrected chi connectivity index (χ0v) is 13.0. The van der Waals surface area contributed by atoms with Crippen LogP contribution >= 0.6 is 0 Å². The summed E-state index contributed by atoms with van der Waals surface area (Å²) in [6.45, 7) is 0.00711. The van der Waals surface area contributed by atoms with Gasteiger partial charge in [0, 0.05) is 22.6 Å². The summed E-state index contributed by atoms with van der Waals surface area (Å²) in [5.41, 5.74) is 1.76. The Morgan fingerprint density at radius 2 is 1.76 bits per heavy atom. The molecule has 1 aliphatic carbocycles. The summed E-state index contributed by atoms with van der Waals surface area (Å²) in [6.07, 6.45) is 5.68. The number of amides is 1. The third-order valence-electron chi connectivity index (χ3n) is 3.80. The van der Waals surface area contributed by atoms with Crippen LogP contribution in [0.15, 0.2) is 24.3 Å². The molecule has 1 aliphatic rings. The predicted molar refractivity (Wildman–Crippen MR) is 84.1 cm³/mol. The largest absolute Gasteiger partial charge is 0.392 e. The smallest absolute Gasteiger partial charge is 0.232 e. The highest BCUT2D eigenvalue weighted by atomic mass is 32.2. The minimum Gasteiger partial charge on any atom is -0.392 e. The molecule has 1 fully saturated rings. The van der Waals surface area contributed by atoms with Gasteiger partial charge in [-0.25, -0.2) is 0 Å². The summed E-state index contributed by atoms with van der Waals surface area (Å²) < 4.78 is 12.0. The molecule has 2 rings (SSSR count). The van der Waals surface area contributed by atoms with Crippen molar-refractivity contribution in [2.75, 3.05) is 5.75 Å². The SMILES string of the molecule is O=C(CS(=O)Cc1ccc(CO)cc1)NC1CCCCC1. The van der Waals surface area contributed by atoms with Crippen LogP contribution in [0.25, 0.3) is 0 Å². The van der Waals surface area contributed by atoms with E-state index in [1.54, 1.807) is 0 Å². The number of carbonyl (C=O) groups is 1. The van der Waals surface area contributed by atoms with Gasteiger partial charge in [-0.3, -0.25) is 9.00 Å². The van der Waals surface area contributed by atoms with Crippen molar-refractivity contribution in [3.63, 3.8) is 0 Å². The third kappa shape index (κ3) is 5.59. The van der Waals surface area contributed by atoms with Gasteiger partial charge in [-0.05, 0) is 24.0 Å². The molecule has 0 bridgehead atoms. The first-order valence-corrected chi connectivity index (χ1v) is 8.99. The molecule has 2 N–H and O–H groups in total. The zero-order chi connectivity index (χ0) is 15.1. The van der Waals surface area contributed by atoms with E-state index in [9.17, 15) is 9.00 Å². The van der Waals surface area contributed by atoms with Crippen molar-refractivity contribution in [3.05, 3.63) is 35.4 Å². The predicted octanol–water partition coefficient (Wildman–Crippen LogP) is 1.88. The lowest BCUT2D eigenvalue weighted by atomic mass is 9.95. The molecule has 0 heterocycles. The first-order valence-electron chi connectivity index (χ1n) is 7.50. The van der Waals surface area contributed by atoms with Gasteiger partial charge in [-0.1, -0.05) is 43.5 Å². The third-order valence-corrected chi connectivity index (χ3v) is 5.04. The van der Waals surface area contributed by atoms with Crippen molar-refractivity contribution in [2.45, 2.75) is 50.5 Å². The van der Waals surface area contributed by atoms with Gasteiger partial charge in [-0.2, -0.15) is 0 Å². The van der Waals surface area contributed by atoms with Gasteiger partial charge in [0.15, 0.2) is 0 Å². The van der Waals surface area contributed by atoms with Crippen LogP contribution in [0.2, 0.25) is 0 Å². The molecule has 116 valence electrons. The zero-order valence-electron chi connectivity index (χ0n) is 12.2. The number of nitrogens with one attached hydrogen (secondary N) is 1. The molecule has 1 amide bonds. The van der Waals surface area contributed by atoms with Gasteiger partial charge in [0.1, 0.15) is 5.75 Å².